The standard InChI is InChI=1S/C16H19F3N6/c1-3-12-11(2)21-10-22-14(12)24-6-8-25(9-7-24)15-20-5-4-13(23-15)16(17,18)19/h4-5,10H,3,6-9H2,1-2H3. The average molecular weight is 352 g/mol. The first-order valence-corrected chi connectivity index (χ1v) is 8.10. The van der Waals surface area contributed by atoms with E-state index in [1.807, 2.05) is 6.92 Å². The van der Waals surface area contributed by atoms with Gasteiger partial charge in [0, 0.05) is 43.6 Å². The maximum Gasteiger partial charge on any atom is 0.433 e. The normalized spacial score (nSPS) is 15.6. The third kappa shape index (κ3) is 3.64. The number of hydrogen-bond donors (Lipinski definition) is 0. The molecule has 0 amide bonds. The second-order valence-corrected chi connectivity index (χ2v) is 5.83. The van der Waals surface area contributed by atoms with Gasteiger partial charge in [-0.3, -0.25) is 0 Å². The van der Waals surface area contributed by atoms with E-state index in [9.17, 15) is 13.2 Å². The molecule has 3 heterocycles. The first kappa shape index (κ1) is 17.4. The number of aromatic nitrogens is 4. The van der Waals surface area contributed by atoms with Crippen LogP contribution >= 0.6 is 0 Å². The number of aryl methyl sites for hydroxylation is 1. The Balaban J connectivity index is 1.74. The summed E-state index contributed by atoms with van der Waals surface area (Å²) in [5.41, 5.74) is 1.14. The molecular weight excluding hydrogens is 333 g/mol. The number of anilines is 2. The molecule has 134 valence electrons. The van der Waals surface area contributed by atoms with E-state index < -0.39 is 11.9 Å². The van der Waals surface area contributed by atoms with Gasteiger partial charge >= 0.3 is 6.18 Å². The van der Waals surface area contributed by atoms with Crippen molar-refractivity contribution in [1.82, 2.24) is 19.9 Å². The highest BCUT2D eigenvalue weighted by molar-refractivity contribution is 5.50. The fraction of sp³-hybridized carbons (Fsp3) is 0.500. The topological polar surface area (TPSA) is 58.0 Å². The van der Waals surface area contributed by atoms with Gasteiger partial charge in [-0.1, -0.05) is 6.92 Å². The molecule has 0 unspecified atom stereocenters. The zero-order chi connectivity index (χ0) is 18.0. The molecule has 6 nitrogen and oxygen atoms in total. The Labute approximate surface area is 143 Å². The minimum atomic E-state index is -4.46. The van der Waals surface area contributed by atoms with Gasteiger partial charge in [0.25, 0.3) is 0 Å². The predicted molar refractivity (Wildman–Crippen MR) is 87.6 cm³/mol. The second kappa shape index (κ2) is 6.81. The molecular formula is C16H19F3N6. The van der Waals surface area contributed by atoms with E-state index in [1.165, 1.54) is 0 Å². The predicted octanol–water partition coefficient (Wildman–Crippen LogP) is 2.48. The number of halogens is 3. The summed E-state index contributed by atoms with van der Waals surface area (Å²) < 4.78 is 38.4. The Hall–Kier alpha value is -2.45. The number of alkyl halides is 3. The van der Waals surface area contributed by atoms with Gasteiger partial charge < -0.3 is 9.80 Å². The van der Waals surface area contributed by atoms with Crippen molar-refractivity contribution in [3.8, 4) is 0 Å². The summed E-state index contributed by atoms with van der Waals surface area (Å²) in [6.07, 6.45) is -0.931. The summed E-state index contributed by atoms with van der Waals surface area (Å²) in [6, 6.07) is 0.886. The van der Waals surface area contributed by atoms with E-state index in [-0.39, 0.29) is 5.95 Å². The molecule has 0 atom stereocenters. The van der Waals surface area contributed by atoms with E-state index in [4.69, 9.17) is 0 Å². The van der Waals surface area contributed by atoms with E-state index in [0.717, 1.165) is 35.8 Å². The van der Waals surface area contributed by atoms with Crippen LogP contribution in [-0.4, -0.2) is 46.1 Å². The first-order chi connectivity index (χ1) is 11.9. The molecule has 9 heteroatoms. The van der Waals surface area contributed by atoms with Crippen molar-refractivity contribution in [1.29, 1.82) is 0 Å². The summed E-state index contributed by atoms with van der Waals surface area (Å²) in [5, 5.41) is 0. The Bertz CT molecular complexity index is 741. The number of hydrogen-bond acceptors (Lipinski definition) is 6. The Kier molecular flexibility index (Phi) is 4.73. The first-order valence-electron chi connectivity index (χ1n) is 8.10. The summed E-state index contributed by atoms with van der Waals surface area (Å²) in [4.78, 5) is 20.2. The van der Waals surface area contributed by atoms with Gasteiger partial charge in [-0.25, -0.2) is 19.9 Å². The van der Waals surface area contributed by atoms with Gasteiger partial charge in [-0.05, 0) is 19.4 Å². The van der Waals surface area contributed by atoms with Crippen LogP contribution in [0.5, 0.6) is 0 Å². The number of piperazine rings is 1. The summed E-state index contributed by atoms with van der Waals surface area (Å²) in [7, 11) is 0. The van der Waals surface area contributed by atoms with E-state index in [2.05, 4.69) is 31.8 Å². The highest BCUT2D eigenvalue weighted by Crippen LogP contribution is 2.28. The van der Waals surface area contributed by atoms with Gasteiger partial charge in [0.2, 0.25) is 5.95 Å². The van der Waals surface area contributed by atoms with Crippen LogP contribution < -0.4 is 9.80 Å². The largest absolute Gasteiger partial charge is 0.433 e. The lowest BCUT2D eigenvalue weighted by Crippen LogP contribution is -2.47. The second-order valence-electron chi connectivity index (χ2n) is 5.83. The van der Waals surface area contributed by atoms with Crippen molar-refractivity contribution < 1.29 is 13.2 Å². The molecule has 1 fully saturated rings. The van der Waals surface area contributed by atoms with Crippen molar-refractivity contribution >= 4 is 11.8 Å². The fourth-order valence-corrected chi connectivity index (χ4v) is 2.95. The zero-order valence-corrected chi connectivity index (χ0v) is 14.1. The van der Waals surface area contributed by atoms with Crippen LogP contribution in [0.3, 0.4) is 0 Å². The molecule has 1 aliphatic rings. The molecule has 2 aromatic heterocycles. The van der Waals surface area contributed by atoms with Gasteiger partial charge in [0.05, 0.1) is 0 Å². The van der Waals surface area contributed by atoms with Crippen LogP contribution in [0.25, 0.3) is 0 Å². The maximum atomic E-state index is 12.8. The minimum Gasteiger partial charge on any atom is -0.353 e. The van der Waals surface area contributed by atoms with Crippen molar-refractivity contribution in [2.75, 3.05) is 36.0 Å². The number of rotatable bonds is 3. The van der Waals surface area contributed by atoms with Crippen LogP contribution in [0, 0.1) is 6.92 Å². The van der Waals surface area contributed by atoms with Gasteiger partial charge in [-0.15, -0.1) is 0 Å². The van der Waals surface area contributed by atoms with Gasteiger partial charge in [0.1, 0.15) is 17.8 Å². The maximum absolute atomic E-state index is 12.8. The third-order valence-electron chi connectivity index (χ3n) is 4.29. The highest BCUT2D eigenvalue weighted by atomic mass is 19.4. The molecule has 2 aromatic rings. The van der Waals surface area contributed by atoms with Crippen LogP contribution in [-0.2, 0) is 12.6 Å². The van der Waals surface area contributed by atoms with Crippen LogP contribution in [0.4, 0.5) is 24.9 Å². The van der Waals surface area contributed by atoms with Crippen LogP contribution in [0.2, 0.25) is 0 Å². The van der Waals surface area contributed by atoms with Crippen molar-refractivity contribution in [3.05, 3.63) is 35.5 Å². The zero-order valence-electron chi connectivity index (χ0n) is 14.1. The Morgan fingerprint density at radius 3 is 2.36 bits per heavy atom. The minimum absolute atomic E-state index is 0.115. The van der Waals surface area contributed by atoms with E-state index in [1.54, 1.807) is 11.2 Å². The molecule has 3 rings (SSSR count). The lowest BCUT2D eigenvalue weighted by molar-refractivity contribution is -0.141. The molecule has 0 bridgehead atoms. The molecule has 1 saturated heterocycles. The molecule has 25 heavy (non-hydrogen) atoms. The SMILES string of the molecule is CCc1c(C)ncnc1N1CCN(c2nccc(C(F)(F)F)n2)CC1. The van der Waals surface area contributed by atoms with Gasteiger partial charge in [-0.2, -0.15) is 13.2 Å². The number of nitrogens with zero attached hydrogens (tertiary/aromatic N) is 6. The summed E-state index contributed by atoms with van der Waals surface area (Å²) >= 11 is 0. The molecule has 1 aliphatic heterocycles. The molecule has 0 aliphatic carbocycles. The summed E-state index contributed by atoms with van der Waals surface area (Å²) in [5.74, 6) is 1.02. The average Bonchev–Trinajstić information content (AvgIpc) is 2.61. The summed E-state index contributed by atoms with van der Waals surface area (Å²) in [6.45, 7) is 6.37. The molecule has 0 radical (unpaired) electrons. The molecule has 0 aromatic carbocycles. The van der Waals surface area contributed by atoms with Crippen molar-refractivity contribution in [2.45, 2.75) is 26.4 Å². The highest BCUT2D eigenvalue weighted by Gasteiger charge is 2.33. The van der Waals surface area contributed by atoms with Crippen molar-refractivity contribution in [2.24, 2.45) is 0 Å². The Morgan fingerprint density at radius 2 is 1.72 bits per heavy atom. The third-order valence-corrected chi connectivity index (χ3v) is 4.29. The monoisotopic (exact) mass is 352 g/mol. The fourth-order valence-electron chi connectivity index (χ4n) is 2.95. The van der Waals surface area contributed by atoms with Crippen LogP contribution in [0.1, 0.15) is 23.9 Å². The quantitative estimate of drug-likeness (QED) is 0.846. The lowest BCUT2D eigenvalue weighted by atomic mass is 10.1. The molecule has 0 spiro atoms. The molecule has 0 saturated carbocycles. The van der Waals surface area contributed by atoms with Crippen LogP contribution in [0.15, 0.2) is 18.6 Å². The lowest BCUT2D eigenvalue weighted by Gasteiger charge is -2.36. The molecule has 0 N–H and O–H groups in total. The van der Waals surface area contributed by atoms with E-state index in [0.29, 0.717) is 26.2 Å². The van der Waals surface area contributed by atoms with E-state index >= 15 is 0 Å². The van der Waals surface area contributed by atoms with Gasteiger partial charge in [0.15, 0.2) is 0 Å². The Morgan fingerprint density at radius 1 is 1.04 bits per heavy atom. The smallest absolute Gasteiger partial charge is 0.353 e. The van der Waals surface area contributed by atoms with Crippen molar-refractivity contribution in [3.63, 3.8) is 0 Å².